The van der Waals surface area contributed by atoms with Crippen LogP contribution in [0.3, 0.4) is 0 Å². The molecule has 3 aromatic rings. The number of nitrogens with zero attached hydrogens (tertiary/aromatic N) is 2. The molecule has 2 aromatic carbocycles. The normalized spacial score (nSPS) is 23.8. The highest BCUT2D eigenvalue weighted by molar-refractivity contribution is 6.01. The number of carbonyl (C=O) groups is 3. The van der Waals surface area contributed by atoms with Gasteiger partial charge in [-0.2, -0.15) is 0 Å². The van der Waals surface area contributed by atoms with Gasteiger partial charge in [-0.3, -0.25) is 14.6 Å². The zero-order valence-electron chi connectivity index (χ0n) is 20.6. The number of hydrogen-bond donors (Lipinski definition) is 1. The van der Waals surface area contributed by atoms with Gasteiger partial charge >= 0.3 is 5.97 Å². The van der Waals surface area contributed by atoms with Crippen molar-refractivity contribution in [3.8, 4) is 0 Å². The molecule has 1 aromatic heterocycles. The van der Waals surface area contributed by atoms with Crippen LogP contribution >= 0.6 is 0 Å². The van der Waals surface area contributed by atoms with Gasteiger partial charge in [0.05, 0.1) is 12.0 Å². The minimum atomic E-state index is -1.29. The third-order valence-electron chi connectivity index (χ3n) is 7.76. The van der Waals surface area contributed by atoms with Gasteiger partial charge in [0.1, 0.15) is 11.9 Å². The van der Waals surface area contributed by atoms with Crippen molar-refractivity contribution >= 4 is 17.7 Å². The number of ketones is 1. The summed E-state index contributed by atoms with van der Waals surface area (Å²) in [6.07, 6.45) is 6.41. The standard InChI is InChI=1S/C30H29FN2O4/c1-18-6-4-9-21(16-18)28(34)25-24(19-11-13-23(31)14-12-19)27(30(36)37)33(29(35)20-7-2-3-8-20)26(25)22-10-5-15-32-17-22/h4-6,9-17,20,24-27H,2-3,7-8H2,1H3,(H,36,37). The molecule has 4 atom stereocenters. The van der Waals surface area contributed by atoms with Gasteiger partial charge in [0.2, 0.25) is 5.91 Å². The maximum Gasteiger partial charge on any atom is 0.327 e. The van der Waals surface area contributed by atoms with Crippen LogP contribution in [0.1, 0.15) is 64.7 Å². The lowest BCUT2D eigenvalue weighted by atomic mass is 9.76. The Bertz CT molecular complexity index is 1300. The summed E-state index contributed by atoms with van der Waals surface area (Å²) in [6.45, 7) is 1.89. The highest BCUT2D eigenvalue weighted by Gasteiger charge is 2.58. The average Bonchev–Trinajstić information content (AvgIpc) is 3.56. The number of likely N-dealkylation sites (tertiary alicyclic amines) is 1. The number of amides is 1. The van der Waals surface area contributed by atoms with Crippen molar-refractivity contribution in [2.45, 2.75) is 50.6 Å². The van der Waals surface area contributed by atoms with E-state index in [2.05, 4.69) is 4.98 Å². The molecule has 6 nitrogen and oxygen atoms in total. The van der Waals surface area contributed by atoms with E-state index in [1.807, 2.05) is 13.0 Å². The van der Waals surface area contributed by atoms with Crippen molar-refractivity contribution in [1.82, 2.24) is 9.88 Å². The molecule has 1 N–H and O–H groups in total. The molecule has 190 valence electrons. The third kappa shape index (κ3) is 4.66. The third-order valence-corrected chi connectivity index (χ3v) is 7.76. The Balaban J connectivity index is 1.74. The monoisotopic (exact) mass is 500 g/mol. The van der Waals surface area contributed by atoms with Gasteiger partial charge < -0.3 is 10.0 Å². The zero-order valence-corrected chi connectivity index (χ0v) is 20.6. The van der Waals surface area contributed by atoms with E-state index < -0.39 is 35.7 Å². The van der Waals surface area contributed by atoms with Crippen molar-refractivity contribution in [2.75, 3.05) is 0 Å². The summed E-state index contributed by atoms with van der Waals surface area (Å²) in [5.74, 6) is -4.20. The van der Waals surface area contributed by atoms with E-state index in [1.54, 1.807) is 42.7 Å². The number of aliphatic carboxylic acids is 1. The van der Waals surface area contributed by atoms with E-state index in [9.17, 15) is 23.9 Å². The number of Topliss-reactive ketones (excluding diaryl/α,β-unsaturated/α-hetero) is 1. The maximum absolute atomic E-state index is 14.3. The van der Waals surface area contributed by atoms with Crippen LogP contribution < -0.4 is 0 Å². The summed E-state index contributed by atoms with van der Waals surface area (Å²) >= 11 is 0. The maximum atomic E-state index is 14.3. The number of aromatic nitrogens is 1. The second-order valence-electron chi connectivity index (χ2n) is 10.1. The molecule has 2 fully saturated rings. The van der Waals surface area contributed by atoms with Crippen LogP contribution in [-0.2, 0) is 9.59 Å². The van der Waals surface area contributed by atoms with Gasteiger partial charge in [-0.1, -0.05) is 54.8 Å². The van der Waals surface area contributed by atoms with Crippen molar-refractivity contribution in [3.63, 3.8) is 0 Å². The molecule has 1 saturated carbocycles. The Morgan fingerprint density at radius 1 is 0.973 bits per heavy atom. The predicted molar refractivity (Wildman–Crippen MR) is 135 cm³/mol. The highest BCUT2D eigenvalue weighted by Crippen LogP contribution is 2.52. The Labute approximate surface area is 215 Å². The van der Waals surface area contributed by atoms with E-state index in [0.29, 0.717) is 29.5 Å². The second kappa shape index (κ2) is 10.2. The first-order valence-electron chi connectivity index (χ1n) is 12.7. The van der Waals surface area contributed by atoms with Crippen LogP contribution in [-0.4, -0.2) is 38.7 Å². The van der Waals surface area contributed by atoms with Crippen LogP contribution in [0.4, 0.5) is 4.39 Å². The SMILES string of the molecule is Cc1cccc(C(=O)C2C(c3ccc(F)cc3)C(C(=O)O)N(C(=O)C3CCCC3)C2c2cccnc2)c1. The van der Waals surface area contributed by atoms with Crippen LogP contribution in [0.25, 0.3) is 0 Å². The van der Waals surface area contributed by atoms with Gasteiger partial charge in [-0.15, -0.1) is 0 Å². The molecular formula is C30H29FN2O4. The van der Waals surface area contributed by atoms with Gasteiger partial charge in [0, 0.05) is 29.8 Å². The summed E-state index contributed by atoms with van der Waals surface area (Å²) in [5, 5.41) is 10.5. The number of aryl methyl sites for hydroxylation is 1. The molecule has 37 heavy (non-hydrogen) atoms. The van der Waals surface area contributed by atoms with E-state index in [0.717, 1.165) is 18.4 Å². The quantitative estimate of drug-likeness (QED) is 0.462. The van der Waals surface area contributed by atoms with Crippen molar-refractivity contribution in [1.29, 1.82) is 0 Å². The van der Waals surface area contributed by atoms with Gasteiger partial charge in [-0.25, -0.2) is 9.18 Å². The molecule has 0 bridgehead atoms. The number of hydrogen-bond acceptors (Lipinski definition) is 4. The molecule has 2 aliphatic rings. The lowest BCUT2D eigenvalue weighted by Crippen LogP contribution is -2.46. The van der Waals surface area contributed by atoms with E-state index in [4.69, 9.17) is 0 Å². The highest BCUT2D eigenvalue weighted by atomic mass is 19.1. The number of pyridine rings is 1. The fourth-order valence-corrected chi connectivity index (χ4v) is 6.13. The minimum absolute atomic E-state index is 0.245. The lowest BCUT2D eigenvalue weighted by Gasteiger charge is -2.32. The minimum Gasteiger partial charge on any atom is -0.480 e. The van der Waals surface area contributed by atoms with Gasteiger partial charge in [0.25, 0.3) is 0 Å². The number of rotatable bonds is 6. The van der Waals surface area contributed by atoms with E-state index in [1.165, 1.54) is 29.2 Å². The summed E-state index contributed by atoms with van der Waals surface area (Å²) < 4.78 is 13.9. The summed E-state index contributed by atoms with van der Waals surface area (Å²) in [4.78, 5) is 46.9. The first-order valence-corrected chi connectivity index (χ1v) is 12.7. The van der Waals surface area contributed by atoms with Crippen molar-refractivity contribution < 1.29 is 23.9 Å². The molecule has 1 aliphatic heterocycles. The molecular weight excluding hydrogens is 471 g/mol. The van der Waals surface area contributed by atoms with Gasteiger partial charge in [0.15, 0.2) is 5.78 Å². The second-order valence-corrected chi connectivity index (χ2v) is 10.1. The number of benzene rings is 2. The first-order chi connectivity index (χ1) is 17.9. The number of carboxylic acids is 1. The van der Waals surface area contributed by atoms with Gasteiger partial charge in [-0.05, 0) is 55.2 Å². The number of halogens is 1. The van der Waals surface area contributed by atoms with Crippen LogP contribution in [0.15, 0.2) is 73.1 Å². The zero-order chi connectivity index (χ0) is 26.1. The summed E-state index contributed by atoms with van der Waals surface area (Å²) in [7, 11) is 0. The Morgan fingerprint density at radius 2 is 1.70 bits per heavy atom. The first kappa shape index (κ1) is 24.8. The lowest BCUT2D eigenvalue weighted by molar-refractivity contribution is -0.152. The Hall–Kier alpha value is -3.87. The fraction of sp³-hybridized carbons (Fsp3) is 0.333. The Morgan fingerprint density at radius 3 is 2.32 bits per heavy atom. The molecule has 5 rings (SSSR count). The predicted octanol–water partition coefficient (Wildman–Crippen LogP) is 5.34. The molecule has 1 amide bonds. The average molecular weight is 501 g/mol. The van der Waals surface area contributed by atoms with E-state index in [-0.39, 0.29) is 17.6 Å². The van der Waals surface area contributed by atoms with Crippen LogP contribution in [0, 0.1) is 24.6 Å². The molecule has 1 saturated heterocycles. The molecule has 0 spiro atoms. The smallest absolute Gasteiger partial charge is 0.327 e. The largest absolute Gasteiger partial charge is 0.480 e. The molecule has 2 heterocycles. The molecule has 4 unspecified atom stereocenters. The fourth-order valence-electron chi connectivity index (χ4n) is 6.13. The summed E-state index contributed by atoms with van der Waals surface area (Å²) in [6, 6.07) is 14.2. The summed E-state index contributed by atoms with van der Waals surface area (Å²) in [5.41, 5.74) is 2.46. The molecule has 1 aliphatic carbocycles. The van der Waals surface area contributed by atoms with Crippen LogP contribution in [0.5, 0.6) is 0 Å². The number of carboxylic acid groups (broad SMARTS) is 1. The topological polar surface area (TPSA) is 87.6 Å². The molecule has 7 heteroatoms. The molecule has 0 radical (unpaired) electrons. The Kier molecular flexibility index (Phi) is 6.87. The van der Waals surface area contributed by atoms with Crippen molar-refractivity contribution in [2.24, 2.45) is 11.8 Å². The van der Waals surface area contributed by atoms with Crippen LogP contribution in [0.2, 0.25) is 0 Å². The van der Waals surface area contributed by atoms with E-state index >= 15 is 0 Å². The number of carbonyl (C=O) groups excluding carboxylic acids is 2. The van der Waals surface area contributed by atoms with Crippen molar-refractivity contribution in [3.05, 3.63) is 101 Å².